The Morgan fingerprint density at radius 3 is 2.54 bits per heavy atom. The SMILES string of the molecule is C=C(C(=O)OC)[C@@H](C)[C@@]1(O)CN([C@H](C)c2cccc3ccccc23)C1=O. The van der Waals surface area contributed by atoms with Gasteiger partial charge in [-0.25, -0.2) is 4.79 Å². The van der Waals surface area contributed by atoms with Crippen LogP contribution in [0, 0.1) is 5.92 Å². The van der Waals surface area contributed by atoms with Crippen molar-refractivity contribution in [2.75, 3.05) is 13.7 Å². The van der Waals surface area contributed by atoms with Crippen molar-refractivity contribution < 1.29 is 19.4 Å². The second-order valence-electron chi connectivity index (χ2n) is 6.84. The minimum absolute atomic E-state index is 0.0980. The van der Waals surface area contributed by atoms with E-state index in [0.29, 0.717) is 0 Å². The molecular formula is C21H23NO4. The van der Waals surface area contributed by atoms with E-state index in [4.69, 9.17) is 0 Å². The van der Waals surface area contributed by atoms with Gasteiger partial charge >= 0.3 is 5.97 Å². The Labute approximate surface area is 152 Å². The third kappa shape index (κ3) is 2.69. The molecule has 3 atom stereocenters. The van der Waals surface area contributed by atoms with Gasteiger partial charge < -0.3 is 14.7 Å². The highest BCUT2D eigenvalue weighted by Crippen LogP contribution is 2.40. The Morgan fingerprint density at radius 1 is 1.23 bits per heavy atom. The van der Waals surface area contributed by atoms with Gasteiger partial charge in [0.1, 0.15) is 0 Å². The van der Waals surface area contributed by atoms with E-state index in [9.17, 15) is 14.7 Å². The fraction of sp³-hybridized carbons (Fsp3) is 0.333. The monoisotopic (exact) mass is 353 g/mol. The average molecular weight is 353 g/mol. The standard InChI is InChI=1S/C21H23NO4/c1-13(19(23)26-4)14(2)21(25)12-22(20(21)24)15(3)17-11-7-9-16-8-5-6-10-18(16)17/h5-11,14-15,25H,1,12H2,2-4H3/t14-,15-,21+/m1/s1. The summed E-state index contributed by atoms with van der Waals surface area (Å²) in [5.74, 6) is -1.71. The number of likely N-dealkylation sites (tertiary alicyclic amines) is 1. The van der Waals surface area contributed by atoms with Gasteiger partial charge in [0.25, 0.3) is 5.91 Å². The Hall–Kier alpha value is -2.66. The molecule has 0 bridgehead atoms. The highest BCUT2D eigenvalue weighted by atomic mass is 16.5. The summed E-state index contributed by atoms with van der Waals surface area (Å²) in [5.41, 5.74) is -0.497. The first-order valence-electron chi connectivity index (χ1n) is 8.59. The van der Waals surface area contributed by atoms with Gasteiger partial charge in [0.15, 0.2) is 5.60 Å². The smallest absolute Gasteiger partial charge is 0.333 e. The van der Waals surface area contributed by atoms with E-state index in [1.807, 2.05) is 49.4 Å². The molecule has 3 rings (SSSR count). The number of fused-ring (bicyclic) bond motifs is 1. The van der Waals surface area contributed by atoms with Crippen LogP contribution in [-0.4, -0.2) is 41.1 Å². The molecule has 5 nitrogen and oxygen atoms in total. The fourth-order valence-corrected chi connectivity index (χ4v) is 3.57. The minimum atomic E-state index is -1.62. The number of β-lactam (4-membered cyclic amide) rings is 1. The minimum Gasteiger partial charge on any atom is -0.466 e. The van der Waals surface area contributed by atoms with Crippen LogP contribution in [0.2, 0.25) is 0 Å². The van der Waals surface area contributed by atoms with Crippen LogP contribution >= 0.6 is 0 Å². The van der Waals surface area contributed by atoms with Gasteiger partial charge in [-0.05, 0) is 23.3 Å². The summed E-state index contributed by atoms with van der Waals surface area (Å²) in [5, 5.41) is 13.0. The quantitative estimate of drug-likeness (QED) is 0.510. The molecule has 1 amide bonds. The lowest BCUT2D eigenvalue weighted by molar-refractivity contribution is -0.187. The van der Waals surface area contributed by atoms with E-state index in [1.54, 1.807) is 11.8 Å². The summed E-state index contributed by atoms with van der Waals surface area (Å²) >= 11 is 0. The second-order valence-corrected chi connectivity index (χ2v) is 6.84. The predicted molar refractivity (Wildman–Crippen MR) is 99.3 cm³/mol. The number of aliphatic hydroxyl groups is 1. The van der Waals surface area contributed by atoms with Crippen molar-refractivity contribution in [3.05, 3.63) is 60.2 Å². The van der Waals surface area contributed by atoms with Crippen molar-refractivity contribution in [2.24, 2.45) is 5.92 Å². The summed E-state index contributed by atoms with van der Waals surface area (Å²) in [6.07, 6.45) is 0. The number of amides is 1. The molecule has 1 saturated heterocycles. The van der Waals surface area contributed by atoms with Crippen LogP contribution < -0.4 is 0 Å². The molecule has 0 spiro atoms. The number of esters is 1. The Bertz CT molecular complexity index is 885. The maximum absolute atomic E-state index is 12.8. The number of rotatable bonds is 5. The van der Waals surface area contributed by atoms with Gasteiger partial charge in [-0.1, -0.05) is 56.0 Å². The highest BCUT2D eigenvalue weighted by molar-refractivity contribution is 5.96. The van der Waals surface area contributed by atoms with Gasteiger partial charge in [-0.2, -0.15) is 0 Å². The molecule has 0 unspecified atom stereocenters. The van der Waals surface area contributed by atoms with Gasteiger partial charge in [0.05, 0.1) is 19.7 Å². The molecular weight excluding hydrogens is 330 g/mol. The lowest BCUT2D eigenvalue weighted by atomic mass is 9.76. The van der Waals surface area contributed by atoms with E-state index in [2.05, 4.69) is 11.3 Å². The Morgan fingerprint density at radius 2 is 1.88 bits per heavy atom. The number of carbonyl (C=O) groups is 2. The van der Waals surface area contributed by atoms with E-state index >= 15 is 0 Å². The first kappa shape index (κ1) is 18.1. The lowest BCUT2D eigenvalue weighted by Crippen LogP contribution is -2.70. The van der Waals surface area contributed by atoms with Crippen LogP contribution in [0.3, 0.4) is 0 Å². The van der Waals surface area contributed by atoms with Gasteiger partial charge in [-0.15, -0.1) is 0 Å². The number of benzene rings is 2. The van der Waals surface area contributed by atoms with Crippen LogP contribution in [0.4, 0.5) is 0 Å². The third-order valence-corrected chi connectivity index (χ3v) is 5.47. The average Bonchev–Trinajstić information content (AvgIpc) is 2.68. The maximum Gasteiger partial charge on any atom is 0.333 e. The van der Waals surface area contributed by atoms with Crippen LogP contribution in [0.25, 0.3) is 10.8 Å². The van der Waals surface area contributed by atoms with Crippen LogP contribution in [0.1, 0.15) is 25.5 Å². The largest absolute Gasteiger partial charge is 0.466 e. The zero-order chi connectivity index (χ0) is 19.1. The molecule has 1 aliphatic rings. The Balaban J connectivity index is 1.83. The number of β-amino-alcohol motifs (C(OH)–C–C–N with tert-alkyl or cyclic N) is 1. The molecule has 5 heteroatoms. The topological polar surface area (TPSA) is 66.8 Å². The molecule has 136 valence electrons. The zero-order valence-corrected chi connectivity index (χ0v) is 15.2. The number of methoxy groups -OCH3 is 1. The van der Waals surface area contributed by atoms with E-state index in [-0.39, 0.29) is 18.2 Å². The van der Waals surface area contributed by atoms with E-state index in [1.165, 1.54) is 7.11 Å². The Kier molecular flexibility index (Phi) is 4.59. The van der Waals surface area contributed by atoms with Gasteiger partial charge in [-0.3, -0.25) is 4.79 Å². The molecule has 1 heterocycles. The van der Waals surface area contributed by atoms with Crippen molar-refractivity contribution in [3.63, 3.8) is 0 Å². The maximum atomic E-state index is 12.8. The first-order chi connectivity index (χ1) is 12.3. The molecule has 1 N–H and O–H groups in total. The van der Waals surface area contributed by atoms with Crippen molar-refractivity contribution in [1.82, 2.24) is 4.90 Å². The summed E-state index contributed by atoms with van der Waals surface area (Å²) < 4.78 is 4.65. The van der Waals surface area contributed by atoms with Crippen LogP contribution in [0.5, 0.6) is 0 Å². The van der Waals surface area contributed by atoms with E-state index < -0.39 is 23.4 Å². The summed E-state index contributed by atoms with van der Waals surface area (Å²) in [4.78, 5) is 26.1. The highest BCUT2D eigenvalue weighted by Gasteiger charge is 2.57. The van der Waals surface area contributed by atoms with Crippen molar-refractivity contribution >= 4 is 22.6 Å². The number of hydrogen-bond donors (Lipinski definition) is 1. The zero-order valence-electron chi connectivity index (χ0n) is 15.2. The molecule has 0 radical (unpaired) electrons. The molecule has 2 aromatic carbocycles. The summed E-state index contributed by atoms with van der Waals surface area (Å²) in [7, 11) is 1.25. The number of nitrogens with zero attached hydrogens (tertiary/aromatic N) is 1. The van der Waals surface area contributed by atoms with Gasteiger partial charge in [0.2, 0.25) is 0 Å². The number of hydrogen-bond acceptors (Lipinski definition) is 4. The summed E-state index contributed by atoms with van der Waals surface area (Å²) in [6, 6.07) is 13.8. The molecule has 1 aliphatic heterocycles. The summed E-state index contributed by atoms with van der Waals surface area (Å²) in [6.45, 7) is 7.38. The molecule has 2 aromatic rings. The van der Waals surface area contributed by atoms with Gasteiger partial charge in [0, 0.05) is 11.5 Å². The molecule has 0 aromatic heterocycles. The molecule has 26 heavy (non-hydrogen) atoms. The van der Waals surface area contributed by atoms with E-state index in [0.717, 1.165) is 16.3 Å². The van der Waals surface area contributed by atoms with Crippen molar-refractivity contribution in [3.8, 4) is 0 Å². The third-order valence-electron chi connectivity index (χ3n) is 5.47. The molecule has 0 aliphatic carbocycles. The lowest BCUT2D eigenvalue weighted by Gasteiger charge is -2.51. The van der Waals surface area contributed by atoms with Crippen LogP contribution in [0.15, 0.2) is 54.6 Å². The second kappa shape index (κ2) is 6.57. The van der Waals surface area contributed by atoms with Crippen molar-refractivity contribution in [2.45, 2.75) is 25.5 Å². The molecule has 0 saturated carbocycles. The number of ether oxygens (including phenoxy) is 1. The normalized spacial score (nSPS) is 21.8. The van der Waals surface area contributed by atoms with Crippen LogP contribution in [-0.2, 0) is 14.3 Å². The van der Waals surface area contributed by atoms with Crippen molar-refractivity contribution in [1.29, 1.82) is 0 Å². The predicted octanol–water partition coefficient (Wildman–Crippen LogP) is 2.84. The fourth-order valence-electron chi connectivity index (χ4n) is 3.57. The first-order valence-corrected chi connectivity index (χ1v) is 8.59. The number of carbonyl (C=O) groups excluding carboxylic acids is 2. The molecule has 1 fully saturated rings.